The first-order valence-corrected chi connectivity index (χ1v) is 5.77. The van der Waals surface area contributed by atoms with Crippen LogP contribution >= 0.6 is 0 Å². The molecule has 0 aliphatic rings. The van der Waals surface area contributed by atoms with E-state index in [4.69, 9.17) is 5.41 Å². The summed E-state index contributed by atoms with van der Waals surface area (Å²) in [5, 5.41) is 12.5. The third kappa shape index (κ3) is 1.59. The lowest BCUT2D eigenvalue weighted by molar-refractivity contribution is 1.44. The van der Waals surface area contributed by atoms with E-state index in [0.29, 0.717) is 0 Å². The maximum absolute atomic E-state index is 7.69. The zero-order valence-electron chi connectivity index (χ0n) is 9.85. The van der Waals surface area contributed by atoms with Crippen LogP contribution in [0.25, 0.3) is 21.5 Å². The van der Waals surface area contributed by atoms with E-state index in [-0.39, 0.29) is 5.84 Å². The van der Waals surface area contributed by atoms with Crippen LogP contribution in [0.5, 0.6) is 0 Å². The highest BCUT2D eigenvalue weighted by molar-refractivity contribution is 6.10. The zero-order valence-corrected chi connectivity index (χ0v) is 9.85. The van der Waals surface area contributed by atoms with Crippen molar-refractivity contribution in [3.63, 3.8) is 0 Å². The minimum absolute atomic E-state index is 0.213. The second-order valence-electron chi connectivity index (χ2n) is 4.23. The summed E-state index contributed by atoms with van der Waals surface area (Å²) < 4.78 is 0. The summed E-state index contributed by atoms with van der Waals surface area (Å²) in [6.45, 7) is 3.39. The zero-order chi connectivity index (χ0) is 12.5. The Hall–Kier alpha value is -2.48. The monoisotopic (exact) mass is 232 g/mol. The predicted octanol–water partition coefficient (Wildman–Crippen LogP) is 4.02. The van der Waals surface area contributed by atoms with Crippen LogP contribution < -0.4 is 0 Å². The fourth-order valence-corrected chi connectivity index (χ4v) is 2.25. The Bertz CT molecular complexity index is 772. The molecule has 0 saturated heterocycles. The van der Waals surface area contributed by atoms with Crippen molar-refractivity contribution in [2.75, 3.05) is 0 Å². The molecule has 0 aromatic heterocycles. The number of amidine groups is 1. The Morgan fingerprint density at radius 1 is 0.889 bits per heavy atom. The highest BCUT2D eigenvalue weighted by Crippen LogP contribution is 2.26. The molecule has 3 aromatic carbocycles. The molecule has 2 nitrogen and oxygen atoms in total. The van der Waals surface area contributed by atoms with Gasteiger partial charge in [-0.05, 0) is 34.3 Å². The van der Waals surface area contributed by atoms with Crippen LogP contribution in [0.4, 0.5) is 0 Å². The predicted molar refractivity (Wildman–Crippen MR) is 77.8 cm³/mol. The summed E-state index contributed by atoms with van der Waals surface area (Å²) in [7, 11) is 0. The SMILES string of the molecule is C=NC(=N)c1ccc2c(ccc3ccccc32)c1. The van der Waals surface area contributed by atoms with E-state index in [1.807, 2.05) is 30.3 Å². The van der Waals surface area contributed by atoms with Crippen molar-refractivity contribution in [3.05, 3.63) is 60.2 Å². The maximum atomic E-state index is 7.69. The van der Waals surface area contributed by atoms with Crippen LogP contribution in [-0.4, -0.2) is 12.6 Å². The summed E-state index contributed by atoms with van der Waals surface area (Å²) in [6.07, 6.45) is 0. The second-order valence-corrected chi connectivity index (χ2v) is 4.23. The van der Waals surface area contributed by atoms with Gasteiger partial charge in [-0.1, -0.05) is 48.5 Å². The summed E-state index contributed by atoms with van der Waals surface area (Å²) >= 11 is 0. The van der Waals surface area contributed by atoms with Crippen LogP contribution in [0, 0.1) is 5.41 Å². The lowest BCUT2D eigenvalue weighted by atomic mass is 10.00. The number of nitrogens with one attached hydrogen (secondary N) is 1. The molecule has 0 atom stereocenters. The van der Waals surface area contributed by atoms with Gasteiger partial charge in [0.15, 0.2) is 5.84 Å². The number of rotatable bonds is 1. The standard InChI is InChI=1S/C16H12N2/c1-18-16(17)13-8-9-15-12(10-13)7-6-11-4-2-3-5-14(11)15/h2-10,17H,1H2. The molecule has 0 fully saturated rings. The van der Waals surface area contributed by atoms with E-state index in [1.165, 1.54) is 16.2 Å². The Morgan fingerprint density at radius 3 is 2.44 bits per heavy atom. The molecular weight excluding hydrogens is 220 g/mol. The number of fused-ring (bicyclic) bond motifs is 3. The molecule has 18 heavy (non-hydrogen) atoms. The first-order chi connectivity index (χ1) is 8.79. The van der Waals surface area contributed by atoms with Gasteiger partial charge in [-0.25, -0.2) is 4.99 Å². The average Bonchev–Trinajstić information content (AvgIpc) is 2.45. The summed E-state index contributed by atoms with van der Waals surface area (Å²) in [4.78, 5) is 3.66. The lowest BCUT2D eigenvalue weighted by Gasteiger charge is -2.05. The van der Waals surface area contributed by atoms with Crippen molar-refractivity contribution in [2.45, 2.75) is 0 Å². The summed E-state index contributed by atoms with van der Waals surface area (Å²) in [6, 6.07) is 18.5. The molecule has 1 N–H and O–H groups in total. The van der Waals surface area contributed by atoms with Crippen LogP contribution in [-0.2, 0) is 0 Å². The molecular formula is C16H12N2. The highest BCUT2D eigenvalue weighted by Gasteiger charge is 2.03. The van der Waals surface area contributed by atoms with Crippen LogP contribution in [0.15, 0.2) is 59.6 Å². The van der Waals surface area contributed by atoms with Crippen molar-refractivity contribution in [1.82, 2.24) is 0 Å². The number of hydrogen-bond donors (Lipinski definition) is 1. The third-order valence-electron chi connectivity index (χ3n) is 3.18. The largest absolute Gasteiger partial charge is 0.282 e. The summed E-state index contributed by atoms with van der Waals surface area (Å²) in [5.74, 6) is 0.213. The first-order valence-electron chi connectivity index (χ1n) is 5.77. The molecule has 86 valence electrons. The van der Waals surface area contributed by atoms with Gasteiger partial charge in [-0.15, -0.1) is 0 Å². The molecule has 0 spiro atoms. The molecule has 0 unspecified atom stereocenters. The Kier molecular flexibility index (Phi) is 2.41. The van der Waals surface area contributed by atoms with E-state index < -0.39 is 0 Å². The Balaban J connectivity index is 2.34. The molecule has 0 heterocycles. The van der Waals surface area contributed by atoms with E-state index >= 15 is 0 Å². The van der Waals surface area contributed by atoms with Crippen molar-refractivity contribution in [2.24, 2.45) is 4.99 Å². The number of benzene rings is 3. The number of hydrogen-bond acceptors (Lipinski definition) is 1. The van der Waals surface area contributed by atoms with E-state index in [9.17, 15) is 0 Å². The summed E-state index contributed by atoms with van der Waals surface area (Å²) in [5.41, 5.74) is 0.799. The molecule has 0 bridgehead atoms. The van der Waals surface area contributed by atoms with E-state index in [1.54, 1.807) is 0 Å². The van der Waals surface area contributed by atoms with Crippen molar-refractivity contribution in [3.8, 4) is 0 Å². The second kappa shape index (κ2) is 4.08. The fourth-order valence-electron chi connectivity index (χ4n) is 2.25. The fraction of sp³-hybridized carbons (Fsp3) is 0. The molecule has 0 saturated carbocycles. The minimum atomic E-state index is 0.213. The topological polar surface area (TPSA) is 36.2 Å². The normalized spacial score (nSPS) is 10.7. The molecule has 3 rings (SSSR count). The molecule has 0 amide bonds. The van der Waals surface area contributed by atoms with Crippen molar-refractivity contribution < 1.29 is 0 Å². The Labute approximate surface area is 105 Å². The van der Waals surface area contributed by atoms with Gasteiger partial charge in [-0.3, -0.25) is 5.41 Å². The van der Waals surface area contributed by atoms with E-state index in [0.717, 1.165) is 10.9 Å². The average molecular weight is 232 g/mol. The number of aliphatic imine (C=N–C) groups is 1. The molecule has 3 aromatic rings. The molecule has 0 aliphatic carbocycles. The van der Waals surface area contributed by atoms with Gasteiger partial charge in [0.05, 0.1) is 0 Å². The first kappa shape index (κ1) is 10.7. The highest BCUT2D eigenvalue weighted by atomic mass is 14.8. The van der Waals surface area contributed by atoms with Gasteiger partial charge < -0.3 is 0 Å². The Morgan fingerprint density at radius 2 is 1.61 bits per heavy atom. The van der Waals surface area contributed by atoms with Crippen molar-refractivity contribution >= 4 is 34.1 Å². The molecule has 0 aliphatic heterocycles. The maximum Gasteiger partial charge on any atom is 0.151 e. The number of nitrogens with zero attached hydrogens (tertiary/aromatic N) is 1. The van der Waals surface area contributed by atoms with E-state index in [2.05, 4.69) is 36.0 Å². The van der Waals surface area contributed by atoms with Gasteiger partial charge in [0, 0.05) is 5.56 Å². The van der Waals surface area contributed by atoms with Gasteiger partial charge in [-0.2, -0.15) is 0 Å². The smallest absolute Gasteiger partial charge is 0.151 e. The minimum Gasteiger partial charge on any atom is -0.282 e. The van der Waals surface area contributed by atoms with Gasteiger partial charge in [0.1, 0.15) is 0 Å². The van der Waals surface area contributed by atoms with Crippen molar-refractivity contribution in [1.29, 1.82) is 5.41 Å². The van der Waals surface area contributed by atoms with Gasteiger partial charge >= 0.3 is 0 Å². The lowest BCUT2D eigenvalue weighted by Crippen LogP contribution is -1.93. The van der Waals surface area contributed by atoms with Crippen LogP contribution in [0.1, 0.15) is 5.56 Å². The van der Waals surface area contributed by atoms with Gasteiger partial charge in [0.2, 0.25) is 0 Å². The molecule has 2 heteroatoms. The van der Waals surface area contributed by atoms with Crippen LogP contribution in [0.3, 0.4) is 0 Å². The third-order valence-corrected chi connectivity index (χ3v) is 3.18. The molecule has 0 radical (unpaired) electrons. The van der Waals surface area contributed by atoms with Crippen LogP contribution in [0.2, 0.25) is 0 Å². The van der Waals surface area contributed by atoms with Gasteiger partial charge in [0.25, 0.3) is 0 Å². The quantitative estimate of drug-likeness (QED) is 0.374.